The lowest BCUT2D eigenvalue weighted by atomic mass is 9.97. The van der Waals surface area contributed by atoms with Gasteiger partial charge >= 0.3 is 0 Å². The Hall–Kier alpha value is -3.40. The summed E-state index contributed by atoms with van der Waals surface area (Å²) in [5, 5.41) is 7.56. The van der Waals surface area contributed by atoms with Gasteiger partial charge in [0.05, 0.1) is 17.3 Å². The number of pyridine rings is 1. The number of thiophene rings is 1. The van der Waals surface area contributed by atoms with Crippen LogP contribution >= 0.6 is 11.3 Å². The van der Waals surface area contributed by atoms with Crippen molar-refractivity contribution in [3.05, 3.63) is 57.6 Å². The Morgan fingerprint density at radius 2 is 2.17 bits per heavy atom. The number of nitrogens with zero attached hydrogens (tertiary/aromatic N) is 5. The lowest BCUT2D eigenvalue weighted by Gasteiger charge is -2.09. The van der Waals surface area contributed by atoms with Gasteiger partial charge in [-0.05, 0) is 43.4 Å². The Kier molecular flexibility index (Phi) is 4.83. The van der Waals surface area contributed by atoms with E-state index in [0.717, 1.165) is 29.5 Å². The van der Waals surface area contributed by atoms with Gasteiger partial charge in [0.15, 0.2) is 5.82 Å². The SMILES string of the molecule is O=C(CCc1nc2sc3c(c2c(=O)[nH]1)CCCC3)Nc1ccc(-n2cncn2)nc1. The van der Waals surface area contributed by atoms with Crippen LogP contribution in [0, 0.1) is 0 Å². The number of fused-ring (bicyclic) bond motifs is 3. The summed E-state index contributed by atoms with van der Waals surface area (Å²) in [7, 11) is 0. The average Bonchev–Trinajstić information content (AvgIpc) is 3.41. The van der Waals surface area contributed by atoms with Gasteiger partial charge in [0.1, 0.15) is 23.3 Å². The van der Waals surface area contributed by atoms with Crippen molar-refractivity contribution in [3.8, 4) is 5.82 Å². The lowest BCUT2D eigenvalue weighted by Crippen LogP contribution is -2.16. The fourth-order valence-electron chi connectivity index (χ4n) is 3.70. The van der Waals surface area contributed by atoms with Crippen LogP contribution in [0.2, 0.25) is 0 Å². The van der Waals surface area contributed by atoms with Gasteiger partial charge in [0, 0.05) is 17.7 Å². The Bertz CT molecular complexity index is 1260. The Morgan fingerprint density at radius 1 is 1.27 bits per heavy atom. The van der Waals surface area contributed by atoms with Crippen LogP contribution < -0.4 is 10.9 Å². The van der Waals surface area contributed by atoms with E-state index in [1.807, 2.05) is 0 Å². The summed E-state index contributed by atoms with van der Waals surface area (Å²) in [5.74, 6) is 0.985. The second-order valence-corrected chi connectivity index (χ2v) is 8.28. The minimum absolute atomic E-state index is 0.0947. The van der Waals surface area contributed by atoms with Crippen LogP contribution in [0.5, 0.6) is 0 Å². The van der Waals surface area contributed by atoms with E-state index in [2.05, 4.69) is 30.4 Å². The predicted octanol–water partition coefficient (Wildman–Crippen LogP) is 2.41. The fourth-order valence-corrected chi connectivity index (χ4v) is 4.99. The molecule has 0 aliphatic heterocycles. The van der Waals surface area contributed by atoms with E-state index in [1.165, 1.54) is 27.9 Å². The Morgan fingerprint density at radius 3 is 2.97 bits per heavy atom. The topological polar surface area (TPSA) is 118 Å². The van der Waals surface area contributed by atoms with Gasteiger partial charge in [-0.1, -0.05) is 0 Å². The molecule has 1 amide bonds. The molecule has 0 aromatic carbocycles. The maximum atomic E-state index is 12.6. The van der Waals surface area contributed by atoms with Crippen LogP contribution in [0.4, 0.5) is 5.69 Å². The third-order valence-electron chi connectivity index (χ3n) is 5.15. The molecule has 10 heteroatoms. The van der Waals surface area contributed by atoms with Crippen molar-refractivity contribution in [1.29, 1.82) is 0 Å². The van der Waals surface area contributed by atoms with Gasteiger partial charge in [0.25, 0.3) is 5.56 Å². The molecule has 9 nitrogen and oxygen atoms in total. The zero-order chi connectivity index (χ0) is 20.5. The molecule has 1 aliphatic carbocycles. The number of aromatic amines is 1. The highest BCUT2D eigenvalue weighted by atomic mass is 32.1. The molecule has 4 heterocycles. The number of H-pyrrole nitrogens is 1. The standard InChI is InChI=1S/C20H19N7O2S/c28-17(24-12-5-7-16(22-9-12)27-11-21-10-23-27)8-6-15-25-19(29)18-13-3-1-2-4-14(13)30-20(18)26-15/h5,7,9-11H,1-4,6,8H2,(H,24,28)(H,25,26,29). The number of anilines is 1. The molecule has 0 spiro atoms. The van der Waals surface area contributed by atoms with Crippen LogP contribution in [-0.2, 0) is 24.1 Å². The zero-order valence-corrected chi connectivity index (χ0v) is 16.9. The molecule has 30 heavy (non-hydrogen) atoms. The van der Waals surface area contributed by atoms with Crippen LogP contribution in [0.25, 0.3) is 16.0 Å². The van der Waals surface area contributed by atoms with Gasteiger partial charge in [-0.15, -0.1) is 11.3 Å². The van der Waals surface area contributed by atoms with E-state index < -0.39 is 0 Å². The zero-order valence-electron chi connectivity index (χ0n) is 16.1. The second-order valence-electron chi connectivity index (χ2n) is 7.20. The third kappa shape index (κ3) is 3.61. The maximum absolute atomic E-state index is 12.6. The minimum atomic E-state index is -0.168. The van der Waals surface area contributed by atoms with Crippen LogP contribution in [0.3, 0.4) is 0 Å². The number of carbonyl (C=O) groups is 1. The molecule has 0 radical (unpaired) electrons. The molecule has 2 N–H and O–H groups in total. The summed E-state index contributed by atoms with van der Waals surface area (Å²) in [6, 6.07) is 3.50. The quantitative estimate of drug-likeness (QED) is 0.511. The van der Waals surface area contributed by atoms with Crippen molar-refractivity contribution >= 4 is 33.1 Å². The summed E-state index contributed by atoms with van der Waals surface area (Å²) in [5.41, 5.74) is 1.66. The summed E-state index contributed by atoms with van der Waals surface area (Å²) in [6.45, 7) is 0. The van der Waals surface area contributed by atoms with Crippen molar-refractivity contribution in [1.82, 2.24) is 29.7 Å². The van der Waals surface area contributed by atoms with Crippen LogP contribution in [0.15, 0.2) is 35.8 Å². The number of aromatic nitrogens is 6. The molecule has 0 unspecified atom stereocenters. The molecule has 5 rings (SSSR count). The molecule has 0 bridgehead atoms. The second kappa shape index (κ2) is 7.79. The number of hydrogen-bond acceptors (Lipinski definition) is 7. The number of nitrogens with one attached hydrogen (secondary N) is 2. The van der Waals surface area contributed by atoms with Gasteiger partial charge in [-0.3, -0.25) is 9.59 Å². The Labute approximate surface area is 175 Å². The molecule has 152 valence electrons. The van der Waals surface area contributed by atoms with E-state index in [1.54, 1.807) is 36.0 Å². The highest BCUT2D eigenvalue weighted by Gasteiger charge is 2.19. The average molecular weight is 421 g/mol. The molecule has 0 saturated carbocycles. The van der Waals surface area contributed by atoms with Gasteiger partial charge < -0.3 is 10.3 Å². The third-order valence-corrected chi connectivity index (χ3v) is 6.33. The van der Waals surface area contributed by atoms with Crippen molar-refractivity contribution in [3.63, 3.8) is 0 Å². The van der Waals surface area contributed by atoms with Gasteiger partial charge in [-0.25, -0.2) is 19.6 Å². The number of hydrogen-bond donors (Lipinski definition) is 2. The number of rotatable bonds is 5. The molecule has 0 saturated heterocycles. The van der Waals surface area contributed by atoms with Gasteiger partial charge in [0.2, 0.25) is 5.91 Å². The fraction of sp³-hybridized carbons (Fsp3) is 0.300. The van der Waals surface area contributed by atoms with E-state index in [9.17, 15) is 9.59 Å². The molecule has 0 fully saturated rings. The highest BCUT2D eigenvalue weighted by molar-refractivity contribution is 7.18. The van der Waals surface area contributed by atoms with E-state index in [0.29, 0.717) is 23.8 Å². The number of amides is 1. The lowest BCUT2D eigenvalue weighted by molar-refractivity contribution is -0.116. The smallest absolute Gasteiger partial charge is 0.259 e. The first-order valence-electron chi connectivity index (χ1n) is 9.82. The highest BCUT2D eigenvalue weighted by Crippen LogP contribution is 2.33. The van der Waals surface area contributed by atoms with E-state index in [4.69, 9.17) is 0 Å². The normalized spacial score (nSPS) is 13.3. The van der Waals surface area contributed by atoms with Crippen LogP contribution in [0.1, 0.15) is 35.5 Å². The van der Waals surface area contributed by atoms with Gasteiger partial charge in [-0.2, -0.15) is 5.10 Å². The first kappa shape index (κ1) is 18.6. The molecular weight excluding hydrogens is 402 g/mol. The van der Waals surface area contributed by atoms with Crippen molar-refractivity contribution in [2.75, 3.05) is 5.32 Å². The minimum Gasteiger partial charge on any atom is -0.325 e. The molecule has 4 aromatic heterocycles. The van der Waals surface area contributed by atoms with Crippen molar-refractivity contribution in [2.45, 2.75) is 38.5 Å². The van der Waals surface area contributed by atoms with Crippen molar-refractivity contribution < 1.29 is 4.79 Å². The summed E-state index contributed by atoms with van der Waals surface area (Å²) in [4.78, 5) is 42.6. The maximum Gasteiger partial charge on any atom is 0.259 e. The first-order chi connectivity index (χ1) is 14.7. The molecule has 4 aromatic rings. The monoisotopic (exact) mass is 421 g/mol. The van der Waals surface area contributed by atoms with E-state index in [-0.39, 0.29) is 17.9 Å². The summed E-state index contributed by atoms with van der Waals surface area (Å²) < 4.78 is 1.53. The van der Waals surface area contributed by atoms with Crippen molar-refractivity contribution in [2.24, 2.45) is 0 Å². The predicted molar refractivity (Wildman–Crippen MR) is 113 cm³/mol. The van der Waals surface area contributed by atoms with Crippen LogP contribution in [-0.4, -0.2) is 35.6 Å². The number of carbonyl (C=O) groups excluding carboxylic acids is 1. The Balaban J connectivity index is 1.25. The molecule has 1 aliphatic rings. The van der Waals surface area contributed by atoms with E-state index >= 15 is 0 Å². The molecule has 0 atom stereocenters. The number of aryl methyl sites for hydroxylation is 3. The summed E-state index contributed by atoms with van der Waals surface area (Å²) >= 11 is 1.61. The summed E-state index contributed by atoms with van der Waals surface area (Å²) in [6.07, 6.45) is 9.39. The molecular formula is C20H19N7O2S. The largest absolute Gasteiger partial charge is 0.325 e. The first-order valence-corrected chi connectivity index (χ1v) is 10.6.